The molecule has 0 radical (unpaired) electrons. The fourth-order valence-corrected chi connectivity index (χ4v) is 3.98. The molecule has 0 aromatic heterocycles. The van der Waals surface area contributed by atoms with E-state index in [0.717, 1.165) is 57.8 Å². The van der Waals surface area contributed by atoms with Gasteiger partial charge >= 0.3 is 0 Å². The van der Waals surface area contributed by atoms with Crippen LogP contribution in [0.2, 0.25) is 0 Å². The van der Waals surface area contributed by atoms with Gasteiger partial charge in [-0.25, -0.2) is 0 Å². The van der Waals surface area contributed by atoms with E-state index >= 15 is 0 Å². The van der Waals surface area contributed by atoms with Crippen molar-refractivity contribution in [3.05, 3.63) is 60.8 Å². The van der Waals surface area contributed by atoms with Crippen LogP contribution in [0.4, 0.5) is 0 Å². The third-order valence-corrected chi connectivity index (χ3v) is 6.29. The summed E-state index contributed by atoms with van der Waals surface area (Å²) in [4.78, 5) is 12.2. The number of hydrogen-bond donors (Lipinski definition) is 3. The second-order valence-corrected chi connectivity index (χ2v) is 9.79. The van der Waals surface area contributed by atoms with Crippen LogP contribution in [-0.4, -0.2) is 34.9 Å². The highest BCUT2D eigenvalue weighted by molar-refractivity contribution is 5.76. The third kappa shape index (κ3) is 25.5. The van der Waals surface area contributed by atoms with Gasteiger partial charge in [-0.05, 0) is 51.4 Å². The van der Waals surface area contributed by atoms with Crippen LogP contribution >= 0.6 is 0 Å². The molecule has 0 aliphatic rings. The molecule has 0 rings (SSSR count). The summed E-state index contributed by atoms with van der Waals surface area (Å²) in [7, 11) is 0. The maximum atomic E-state index is 12.2. The zero-order chi connectivity index (χ0) is 27.2. The second-order valence-electron chi connectivity index (χ2n) is 9.79. The highest BCUT2D eigenvalue weighted by Crippen LogP contribution is 2.12. The van der Waals surface area contributed by atoms with Gasteiger partial charge in [0.25, 0.3) is 0 Å². The number of hydrogen-bond acceptors (Lipinski definition) is 3. The third-order valence-electron chi connectivity index (χ3n) is 6.29. The molecule has 0 aromatic rings. The summed E-state index contributed by atoms with van der Waals surface area (Å²) in [6.07, 6.45) is 38.4. The first-order valence-corrected chi connectivity index (χ1v) is 15.0. The van der Waals surface area contributed by atoms with Crippen LogP contribution in [0.1, 0.15) is 123 Å². The van der Waals surface area contributed by atoms with Gasteiger partial charge in [0, 0.05) is 6.42 Å². The van der Waals surface area contributed by atoms with Gasteiger partial charge in [0.2, 0.25) is 5.91 Å². The zero-order valence-corrected chi connectivity index (χ0v) is 24.0. The van der Waals surface area contributed by atoms with Gasteiger partial charge in [0.1, 0.15) is 0 Å². The Morgan fingerprint density at radius 3 is 1.68 bits per heavy atom. The lowest BCUT2D eigenvalue weighted by atomic mass is 10.0. The minimum absolute atomic E-state index is 0.0959. The molecule has 0 bridgehead atoms. The predicted octanol–water partition coefficient (Wildman–Crippen LogP) is 8.28. The summed E-state index contributed by atoms with van der Waals surface area (Å²) < 4.78 is 0. The Kier molecular flexibility index (Phi) is 27.2. The number of rotatable bonds is 25. The minimum atomic E-state index is -0.681. The van der Waals surface area contributed by atoms with Crippen molar-refractivity contribution < 1.29 is 15.0 Å². The molecule has 2 atom stereocenters. The molecule has 0 heterocycles. The molecule has 0 spiro atoms. The zero-order valence-electron chi connectivity index (χ0n) is 24.0. The van der Waals surface area contributed by atoms with E-state index in [1.807, 2.05) is 0 Å². The molecule has 1 amide bonds. The summed E-state index contributed by atoms with van der Waals surface area (Å²) >= 11 is 0. The Bertz CT molecular complexity index is 648. The molecule has 37 heavy (non-hydrogen) atoms. The first kappa shape index (κ1) is 35.1. The monoisotopic (exact) mass is 515 g/mol. The quantitative estimate of drug-likeness (QED) is 0.0846. The molecule has 0 aliphatic carbocycles. The lowest BCUT2D eigenvalue weighted by Crippen LogP contribution is -2.45. The van der Waals surface area contributed by atoms with E-state index in [-0.39, 0.29) is 12.5 Å². The smallest absolute Gasteiger partial charge is 0.220 e. The molecular weight excluding hydrogens is 458 g/mol. The lowest BCUT2D eigenvalue weighted by molar-refractivity contribution is -0.123. The van der Waals surface area contributed by atoms with Crippen molar-refractivity contribution in [2.75, 3.05) is 6.61 Å². The Labute approximate surface area is 228 Å². The van der Waals surface area contributed by atoms with Gasteiger partial charge in [-0.1, -0.05) is 126 Å². The van der Waals surface area contributed by atoms with Crippen LogP contribution in [0.3, 0.4) is 0 Å². The number of nitrogens with one attached hydrogen (secondary N) is 1. The number of aliphatic hydroxyl groups excluding tert-OH is 2. The van der Waals surface area contributed by atoms with Crippen LogP contribution in [0.15, 0.2) is 60.8 Å². The first-order valence-electron chi connectivity index (χ1n) is 15.0. The maximum Gasteiger partial charge on any atom is 0.220 e. The fraction of sp³-hybridized carbons (Fsp3) is 0.667. The van der Waals surface area contributed by atoms with Crippen molar-refractivity contribution in [3.63, 3.8) is 0 Å². The highest BCUT2D eigenvalue weighted by atomic mass is 16.3. The number of allylic oxidation sites excluding steroid dienone is 10. The Balaban J connectivity index is 3.79. The van der Waals surface area contributed by atoms with E-state index in [0.29, 0.717) is 12.8 Å². The predicted molar refractivity (Wildman–Crippen MR) is 161 cm³/mol. The largest absolute Gasteiger partial charge is 0.394 e. The normalized spacial score (nSPS) is 14.2. The van der Waals surface area contributed by atoms with Crippen LogP contribution in [0, 0.1) is 0 Å². The van der Waals surface area contributed by atoms with Gasteiger partial charge < -0.3 is 15.5 Å². The SMILES string of the molecule is CC/C=C\C/C=C\C/C=C\C/C=C\C/C=C\CCCC(=O)NC(CO)C(O)CCCCCCCCCC. The van der Waals surface area contributed by atoms with Gasteiger partial charge in [-0.2, -0.15) is 0 Å². The topological polar surface area (TPSA) is 69.6 Å². The molecule has 212 valence electrons. The van der Waals surface area contributed by atoms with Crippen molar-refractivity contribution in [1.29, 1.82) is 0 Å². The van der Waals surface area contributed by atoms with Crippen molar-refractivity contribution in [3.8, 4) is 0 Å². The Morgan fingerprint density at radius 2 is 1.16 bits per heavy atom. The van der Waals surface area contributed by atoms with Crippen LogP contribution in [-0.2, 0) is 4.79 Å². The van der Waals surface area contributed by atoms with Gasteiger partial charge in [0.05, 0.1) is 18.8 Å². The average molecular weight is 516 g/mol. The van der Waals surface area contributed by atoms with Crippen molar-refractivity contribution in [2.24, 2.45) is 0 Å². The number of aliphatic hydroxyl groups is 2. The Morgan fingerprint density at radius 1 is 0.676 bits per heavy atom. The van der Waals surface area contributed by atoms with Crippen LogP contribution in [0.25, 0.3) is 0 Å². The van der Waals surface area contributed by atoms with Gasteiger partial charge in [-0.15, -0.1) is 0 Å². The van der Waals surface area contributed by atoms with E-state index in [4.69, 9.17) is 0 Å². The lowest BCUT2D eigenvalue weighted by Gasteiger charge is -2.22. The minimum Gasteiger partial charge on any atom is -0.394 e. The molecule has 4 nitrogen and oxygen atoms in total. The second kappa shape index (κ2) is 28.7. The van der Waals surface area contributed by atoms with Crippen molar-refractivity contribution in [2.45, 2.75) is 135 Å². The van der Waals surface area contributed by atoms with E-state index in [9.17, 15) is 15.0 Å². The molecule has 0 saturated heterocycles. The number of amides is 1. The molecule has 4 heteroatoms. The molecule has 3 N–H and O–H groups in total. The number of carbonyl (C=O) groups is 1. The van der Waals surface area contributed by atoms with E-state index in [1.165, 1.54) is 38.5 Å². The van der Waals surface area contributed by atoms with Crippen LogP contribution < -0.4 is 5.32 Å². The van der Waals surface area contributed by atoms with Crippen LogP contribution in [0.5, 0.6) is 0 Å². The van der Waals surface area contributed by atoms with E-state index in [1.54, 1.807) is 0 Å². The number of unbranched alkanes of at least 4 members (excludes halogenated alkanes) is 8. The molecule has 2 unspecified atom stereocenters. The molecule has 0 saturated carbocycles. The molecule has 0 aromatic carbocycles. The molecule has 0 aliphatic heterocycles. The first-order chi connectivity index (χ1) is 18.2. The fourth-order valence-electron chi connectivity index (χ4n) is 3.98. The Hall–Kier alpha value is -1.91. The van der Waals surface area contributed by atoms with E-state index < -0.39 is 12.1 Å². The molecule has 0 fully saturated rings. The highest BCUT2D eigenvalue weighted by Gasteiger charge is 2.19. The maximum absolute atomic E-state index is 12.2. The summed E-state index contributed by atoms with van der Waals surface area (Å²) in [5, 5.41) is 22.7. The van der Waals surface area contributed by atoms with E-state index in [2.05, 4.69) is 79.9 Å². The van der Waals surface area contributed by atoms with Gasteiger partial charge in [-0.3, -0.25) is 4.79 Å². The van der Waals surface area contributed by atoms with Crippen molar-refractivity contribution in [1.82, 2.24) is 5.32 Å². The summed E-state index contributed by atoms with van der Waals surface area (Å²) in [5.41, 5.74) is 0. The molecular formula is C33H57NO3. The van der Waals surface area contributed by atoms with Gasteiger partial charge in [0.15, 0.2) is 0 Å². The van der Waals surface area contributed by atoms with Crippen molar-refractivity contribution >= 4 is 5.91 Å². The summed E-state index contributed by atoms with van der Waals surface area (Å²) in [5.74, 6) is -0.0959. The average Bonchev–Trinajstić information content (AvgIpc) is 2.90. The number of carbonyl (C=O) groups excluding carboxylic acids is 1. The standard InChI is InChI=1S/C33H57NO3/c1-3-5-7-9-11-13-14-15-16-17-18-19-20-21-23-25-27-29-33(37)34-31(30-35)32(36)28-26-24-22-12-10-8-6-4-2/h5,7,11,13,15-16,18-19,21,23,31-32,35-36H,3-4,6,8-10,12,14,17,20,22,24-30H2,1-2H3,(H,34,37)/b7-5-,13-11-,16-15-,19-18-,23-21-. The summed E-state index contributed by atoms with van der Waals surface area (Å²) in [6, 6.07) is -0.564. The summed E-state index contributed by atoms with van der Waals surface area (Å²) in [6.45, 7) is 4.15.